The van der Waals surface area contributed by atoms with Crippen LogP contribution in [0.4, 0.5) is 0 Å². The van der Waals surface area contributed by atoms with Crippen molar-refractivity contribution in [1.29, 1.82) is 0 Å². The molecule has 0 saturated carbocycles. The van der Waals surface area contributed by atoms with Gasteiger partial charge in [0.15, 0.2) is 12.2 Å². The van der Waals surface area contributed by atoms with Gasteiger partial charge in [0.2, 0.25) is 0 Å². The Kier molecular flexibility index (Phi) is 66.2. The number of carbonyl (C=O) groups excluding carboxylic acids is 4. The molecule has 0 aliphatic heterocycles. The molecule has 0 radical (unpaired) electrons. The fraction of sp³-hybridized carbons (Fsp3) is 0.948. The van der Waals surface area contributed by atoms with E-state index in [-0.39, 0.29) is 25.7 Å². The van der Waals surface area contributed by atoms with Crippen LogP contribution in [0.2, 0.25) is 0 Å². The zero-order chi connectivity index (χ0) is 70.9. The van der Waals surface area contributed by atoms with Gasteiger partial charge >= 0.3 is 39.5 Å². The zero-order valence-electron chi connectivity index (χ0n) is 62.8. The number of unbranched alkanes of at least 4 members (excludes halogenated alkanes) is 43. The highest BCUT2D eigenvalue weighted by Gasteiger charge is 2.30. The molecule has 0 bridgehead atoms. The maximum Gasteiger partial charge on any atom is 0.472 e. The summed E-state index contributed by atoms with van der Waals surface area (Å²) in [6.45, 7) is 11.8. The van der Waals surface area contributed by atoms with Gasteiger partial charge in [-0.2, -0.15) is 0 Å². The van der Waals surface area contributed by atoms with Crippen LogP contribution in [0, 0.1) is 17.8 Å². The first-order chi connectivity index (χ1) is 46.2. The summed E-state index contributed by atoms with van der Waals surface area (Å²) in [7, 11) is -9.91. The lowest BCUT2D eigenvalue weighted by Gasteiger charge is -2.21. The maximum atomic E-state index is 13.1. The minimum absolute atomic E-state index is 0.105. The van der Waals surface area contributed by atoms with E-state index >= 15 is 0 Å². The molecular formula is C77H150O17P2. The highest BCUT2D eigenvalue weighted by atomic mass is 31.2. The number of esters is 4. The third kappa shape index (κ3) is 70.5. The average Bonchev–Trinajstić information content (AvgIpc) is 1.37. The summed E-state index contributed by atoms with van der Waals surface area (Å²) in [6, 6.07) is 0. The minimum atomic E-state index is -4.96. The summed E-state index contributed by atoms with van der Waals surface area (Å²) >= 11 is 0. The topological polar surface area (TPSA) is 237 Å². The second-order valence-electron chi connectivity index (χ2n) is 29.2. The first-order valence-electron chi connectivity index (χ1n) is 39.8. The van der Waals surface area contributed by atoms with Crippen molar-refractivity contribution in [3.05, 3.63) is 0 Å². The van der Waals surface area contributed by atoms with Crippen molar-refractivity contribution in [1.82, 2.24) is 0 Å². The molecule has 0 rings (SSSR count). The van der Waals surface area contributed by atoms with Crippen LogP contribution in [0.3, 0.4) is 0 Å². The van der Waals surface area contributed by atoms with E-state index in [4.69, 9.17) is 37.0 Å². The Hall–Kier alpha value is -1.94. The van der Waals surface area contributed by atoms with Crippen LogP contribution in [-0.4, -0.2) is 96.7 Å². The fourth-order valence-electron chi connectivity index (χ4n) is 11.8. The normalized spacial score (nSPS) is 14.1. The molecule has 2 unspecified atom stereocenters. The molecule has 0 aromatic carbocycles. The lowest BCUT2D eigenvalue weighted by molar-refractivity contribution is -0.161. The van der Waals surface area contributed by atoms with Crippen LogP contribution in [0.25, 0.3) is 0 Å². The monoisotopic (exact) mass is 1410 g/mol. The van der Waals surface area contributed by atoms with Gasteiger partial charge in [-0.3, -0.25) is 37.3 Å². The average molecular weight is 1410 g/mol. The molecule has 5 atom stereocenters. The van der Waals surface area contributed by atoms with Crippen molar-refractivity contribution in [2.24, 2.45) is 17.8 Å². The molecule has 3 N–H and O–H groups in total. The molecule has 0 spiro atoms. The van der Waals surface area contributed by atoms with E-state index in [0.29, 0.717) is 31.6 Å². The number of rotatable bonds is 75. The van der Waals surface area contributed by atoms with Crippen LogP contribution < -0.4 is 0 Å². The van der Waals surface area contributed by atoms with Crippen LogP contribution in [0.1, 0.15) is 395 Å². The van der Waals surface area contributed by atoms with Crippen LogP contribution in [0.5, 0.6) is 0 Å². The smallest absolute Gasteiger partial charge is 0.462 e. The molecule has 0 amide bonds. The van der Waals surface area contributed by atoms with Crippen LogP contribution in [-0.2, 0) is 65.4 Å². The summed E-state index contributed by atoms with van der Waals surface area (Å²) in [5, 5.41) is 10.6. The Morgan fingerprint density at radius 3 is 0.708 bits per heavy atom. The van der Waals surface area contributed by atoms with Crippen LogP contribution >= 0.6 is 15.6 Å². The van der Waals surface area contributed by atoms with E-state index in [9.17, 15) is 43.2 Å². The summed E-state index contributed by atoms with van der Waals surface area (Å²) in [5.74, 6) is 0.116. The highest BCUT2D eigenvalue weighted by molar-refractivity contribution is 7.47. The summed E-state index contributed by atoms with van der Waals surface area (Å²) in [5.41, 5.74) is 0. The number of ether oxygens (including phenoxy) is 4. The largest absolute Gasteiger partial charge is 0.472 e. The fourth-order valence-corrected chi connectivity index (χ4v) is 13.4. The number of carbonyl (C=O) groups is 4. The van der Waals surface area contributed by atoms with Crippen molar-refractivity contribution in [3.8, 4) is 0 Å². The number of hydrogen-bond acceptors (Lipinski definition) is 15. The van der Waals surface area contributed by atoms with Gasteiger partial charge in [0.25, 0.3) is 0 Å². The van der Waals surface area contributed by atoms with Gasteiger partial charge in [-0.15, -0.1) is 0 Å². The molecule has 0 aromatic rings. The van der Waals surface area contributed by atoms with E-state index in [0.717, 1.165) is 108 Å². The number of hydrogen-bond donors (Lipinski definition) is 3. The molecular weight excluding hydrogens is 1260 g/mol. The van der Waals surface area contributed by atoms with Crippen molar-refractivity contribution in [3.63, 3.8) is 0 Å². The molecule has 96 heavy (non-hydrogen) atoms. The number of phosphoric ester groups is 2. The SMILES string of the molecule is CCCCCCCCCCCCCCCCCCC(=O)OC[C@H](COP(=O)(O)OC[C@@H](O)COP(=O)(O)OC[C@@H](COC(=O)CCCCCCCCC(C)C)OC(=O)CCCCCCCCCCCCC(C)C)OC(=O)CCCCCCCCCCCCCCCCCC(C)C. The third-order valence-electron chi connectivity index (χ3n) is 17.9. The third-order valence-corrected chi connectivity index (χ3v) is 19.8. The van der Waals surface area contributed by atoms with E-state index in [2.05, 4.69) is 48.5 Å². The van der Waals surface area contributed by atoms with Crippen molar-refractivity contribution in [2.75, 3.05) is 39.6 Å². The predicted octanol–water partition coefficient (Wildman–Crippen LogP) is 22.6. The summed E-state index contributed by atoms with van der Waals surface area (Å²) in [4.78, 5) is 72.8. The standard InChI is InChI=1S/C77H150O17P2/c1-8-9-10-11-12-13-14-15-16-19-22-25-31-36-44-51-58-74(79)87-64-72(93-76(81)60-53-46-37-32-26-23-20-17-18-21-24-29-34-41-48-55-68(2)3)66-91-95(83,84)89-62-71(78)63-90-96(85,86)92-67-73(65-88-75(80)59-52-45-40-39-43-50-57-70(6)7)94-77(82)61-54-47-38-33-28-27-30-35-42-49-56-69(4)5/h68-73,78H,8-67H2,1-7H3,(H,83,84)(H,85,86)/t71-,72-,73-/m1/s1. The van der Waals surface area contributed by atoms with Gasteiger partial charge in [-0.25, -0.2) is 9.13 Å². The molecule has 0 aliphatic rings. The molecule has 0 fully saturated rings. The maximum absolute atomic E-state index is 13.1. The van der Waals surface area contributed by atoms with Crippen molar-refractivity contribution < 1.29 is 80.2 Å². The number of aliphatic hydroxyl groups is 1. The first kappa shape index (κ1) is 94.1. The lowest BCUT2D eigenvalue weighted by atomic mass is 10.0. The van der Waals surface area contributed by atoms with Gasteiger partial charge in [0.1, 0.15) is 19.3 Å². The first-order valence-corrected chi connectivity index (χ1v) is 42.8. The number of phosphoric acid groups is 2. The molecule has 17 nitrogen and oxygen atoms in total. The molecule has 0 saturated heterocycles. The Morgan fingerprint density at radius 1 is 0.281 bits per heavy atom. The number of aliphatic hydroxyl groups excluding tert-OH is 1. The molecule has 0 aromatic heterocycles. The molecule has 0 aliphatic carbocycles. The molecule has 19 heteroatoms. The molecule has 570 valence electrons. The summed E-state index contributed by atoms with van der Waals surface area (Å²) < 4.78 is 68.5. The Labute approximate surface area is 588 Å². The van der Waals surface area contributed by atoms with Gasteiger partial charge in [-0.1, -0.05) is 344 Å². The highest BCUT2D eigenvalue weighted by Crippen LogP contribution is 2.45. The van der Waals surface area contributed by atoms with Crippen molar-refractivity contribution >= 4 is 39.5 Å². The van der Waals surface area contributed by atoms with Crippen molar-refractivity contribution in [2.45, 2.75) is 414 Å². The Morgan fingerprint density at radius 2 is 0.479 bits per heavy atom. The second-order valence-corrected chi connectivity index (χ2v) is 32.1. The van der Waals surface area contributed by atoms with Crippen LogP contribution in [0.15, 0.2) is 0 Å². The van der Waals surface area contributed by atoms with Gasteiger partial charge < -0.3 is 33.8 Å². The summed E-state index contributed by atoms with van der Waals surface area (Å²) in [6.07, 6.45) is 54.3. The van der Waals surface area contributed by atoms with Gasteiger partial charge in [0.05, 0.1) is 26.4 Å². The van der Waals surface area contributed by atoms with E-state index < -0.39 is 97.5 Å². The lowest BCUT2D eigenvalue weighted by Crippen LogP contribution is -2.30. The van der Waals surface area contributed by atoms with E-state index in [1.165, 1.54) is 199 Å². The Bertz CT molecular complexity index is 1870. The Balaban J connectivity index is 5.23. The van der Waals surface area contributed by atoms with Gasteiger partial charge in [-0.05, 0) is 43.4 Å². The minimum Gasteiger partial charge on any atom is -0.462 e. The van der Waals surface area contributed by atoms with Gasteiger partial charge in [0, 0.05) is 25.7 Å². The second kappa shape index (κ2) is 67.5. The zero-order valence-corrected chi connectivity index (χ0v) is 64.6. The quantitative estimate of drug-likeness (QED) is 0.0222. The van der Waals surface area contributed by atoms with E-state index in [1.807, 2.05) is 0 Å². The van der Waals surface area contributed by atoms with E-state index in [1.54, 1.807) is 0 Å². The predicted molar refractivity (Wildman–Crippen MR) is 391 cm³/mol. The molecule has 0 heterocycles.